The van der Waals surface area contributed by atoms with Gasteiger partial charge in [0.1, 0.15) is 0 Å². The maximum atomic E-state index is 8.68. The molecule has 0 amide bonds. The number of rotatable bonds is 6. The Labute approximate surface area is 105 Å². The van der Waals surface area contributed by atoms with Crippen LogP contribution in [0.1, 0.15) is 23.7 Å². The monoisotopic (exact) mass is 287 g/mol. The number of aryl methyl sites for hydroxylation is 1. The predicted molar refractivity (Wildman–Crippen MR) is 68.3 cm³/mol. The Hall–Kier alpha value is -0.420. The Morgan fingerprint density at radius 2 is 2.25 bits per heavy atom. The smallest absolute Gasteiger partial charge is 0.0947 e. The molecule has 0 aliphatic rings. The van der Waals surface area contributed by atoms with Crippen molar-refractivity contribution in [2.45, 2.75) is 19.4 Å². The Balaban J connectivity index is 2.67. The van der Waals surface area contributed by atoms with Crippen LogP contribution in [0.25, 0.3) is 0 Å². The molecule has 0 saturated carbocycles. The lowest BCUT2D eigenvalue weighted by atomic mass is 10.1. The van der Waals surface area contributed by atoms with Crippen LogP contribution in [-0.4, -0.2) is 24.9 Å². The summed E-state index contributed by atoms with van der Waals surface area (Å²) >= 11 is 3.49. The second-order valence-corrected chi connectivity index (χ2v) is 4.54. The van der Waals surface area contributed by atoms with Crippen LogP contribution in [0, 0.1) is 6.92 Å². The molecule has 3 nitrogen and oxygen atoms in total. The molecule has 0 heterocycles. The Bertz CT molecular complexity index is 331. The van der Waals surface area contributed by atoms with Gasteiger partial charge in [-0.25, -0.2) is 0 Å². The van der Waals surface area contributed by atoms with Crippen molar-refractivity contribution < 1.29 is 9.84 Å². The molecule has 1 aromatic carbocycles. The van der Waals surface area contributed by atoms with E-state index in [1.165, 1.54) is 5.56 Å². The first-order valence-corrected chi connectivity index (χ1v) is 6.17. The van der Waals surface area contributed by atoms with E-state index in [1.54, 1.807) is 0 Å². The zero-order chi connectivity index (χ0) is 12.0. The summed E-state index contributed by atoms with van der Waals surface area (Å²) in [6, 6.07) is 6.10. The fraction of sp³-hybridized carbons (Fsp3) is 0.500. The van der Waals surface area contributed by atoms with E-state index < -0.39 is 0 Å². The lowest BCUT2D eigenvalue weighted by Crippen LogP contribution is -2.17. The van der Waals surface area contributed by atoms with Crippen LogP contribution >= 0.6 is 15.9 Å². The largest absolute Gasteiger partial charge is 0.396 e. The first-order valence-electron chi connectivity index (χ1n) is 5.37. The number of nitrogens with two attached hydrogens (primary N) is 1. The summed E-state index contributed by atoms with van der Waals surface area (Å²) in [5.41, 5.74) is 7.93. The van der Waals surface area contributed by atoms with Gasteiger partial charge in [-0.15, -0.1) is 0 Å². The number of benzene rings is 1. The molecule has 0 aliphatic carbocycles. The van der Waals surface area contributed by atoms with Crippen molar-refractivity contribution in [3.05, 3.63) is 33.8 Å². The lowest BCUT2D eigenvalue weighted by Gasteiger charge is -2.17. The van der Waals surface area contributed by atoms with E-state index in [-0.39, 0.29) is 12.7 Å². The third-order valence-electron chi connectivity index (χ3n) is 2.40. The van der Waals surface area contributed by atoms with E-state index in [0.717, 1.165) is 10.0 Å². The van der Waals surface area contributed by atoms with Crippen molar-refractivity contribution >= 4 is 15.9 Å². The minimum atomic E-state index is -0.0940. The fourth-order valence-corrected chi connectivity index (χ4v) is 1.80. The van der Waals surface area contributed by atoms with Gasteiger partial charge in [-0.1, -0.05) is 28.1 Å². The minimum Gasteiger partial charge on any atom is -0.396 e. The lowest BCUT2D eigenvalue weighted by molar-refractivity contribution is 0.0488. The minimum absolute atomic E-state index is 0.0940. The van der Waals surface area contributed by atoms with Crippen molar-refractivity contribution in [1.29, 1.82) is 0 Å². The van der Waals surface area contributed by atoms with Gasteiger partial charge in [-0.3, -0.25) is 0 Å². The molecule has 0 radical (unpaired) electrons. The first kappa shape index (κ1) is 13.6. The van der Waals surface area contributed by atoms with Crippen molar-refractivity contribution in [2.75, 3.05) is 19.8 Å². The van der Waals surface area contributed by atoms with Crippen LogP contribution in [0.5, 0.6) is 0 Å². The summed E-state index contributed by atoms with van der Waals surface area (Å²) in [4.78, 5) is 0. The van der Waals surface area contributed by atoms with Gasteiger partial charge >= 0.3 is 0 Å². The third kappa shape index (κ3) is 3.87. The molecule has 16 heavy (non-hydrogen) atoms. The van der Waals surface area contributed by atoms with Gasteiger partial charge in [0.15, 0.2) is 0 Å². The maximum Gasteiger partial charge on any atom is 0.0947 e. The number of hydrogen-bond donors (Lipinski definition) is 2. The molecule has 0 aliphatic heterocycles. The molecule has 0 bridgehead atoms. The van der Waals surface area contributed by atoms with E-state index >= 15 is 0 Å². The fourth-order valence-electron chi connectivity index (χ4n) is 1.40. The normalized spacial score (nSPS) is 12.8. The first-order chi connectivity index (χ1) is 7.69. The SMILES string of the molecule is Cc1ccc(C(CN)OCCCO)cc1Br. The van der Waals surface area contributed by atoms with Gasteiger partial charge in [0.25, 0.3) is 0 Å². The molecular formula is C12H18BrNO2. The van der Waals surface area contributed by atoms with Crippen LogP contribution in [0.3, 0.4) is 0 Å². The summed E-state index contributed by atoms with van der Waals surface area (Å²) in [6.07, 6.45) is 0.548. The Kier molecular flexibility index (Phi) is 5.98. The van der Waals surface area contributed by atoms with Crippen molar-refractivity contribution in [2.24, 2.45) is 5.73 Å². The Morgan fingerprint density at radius 3 is 2.81 bits per heavy atom. The van der Waals surface area contributed by atoms with E-state index in [0.29, 0.717) is 19.6 Å². The summed E-state index contributed by atoms with van der Waals surface area (Å²) in [5.74, 6) is 0. The zero-order valence-corrected chi connectivity index (χ0v) is 11.0. The van der Waals surface area contributed by atoms with Crippen LogP contribution in [0.4, 0.5) is 0 Å². The highest BCUT2D eigenvalue weighted by Crippen LogP contribution is 2.23. The van der Waals surface area contributed by atoms with E-state index in [9.17, 15) is 0 Å². The zero-order valence-electron chi connectivity index (χ0n) is 9.45. The number of aliphatic hydroxyl groups is 1. The van der Waals surface area contributed by atoms with Gasteiger partial charge in [0, 0.05) is 24.2 Å². The molecule has 4 heteroatoms. The summed E-state index contributed by atoms with van der Waals surface area (Å²) in [6.45, 7) is 3.16. The molecule has 1 aromatic rings. The molecule has 1 unspecified atom stereocenters. The molecule has 1 atom stereocenters. The van der Waals surface area contributed by atoms with E-state index in [1.807, 2.05) is 25.1 Å². The van der Waals surface area contributed by atoms with Gasteiger partial charge in [-0.2, -0.15) is 0 Å². The van der Waals surface area contributed by atoms with Crippen LogP contribution < -0.4 is 5.73 Å². The molecule has 0 fully saturated rings. The van der Waals surface area contributed by atoms with E-state index in [4.69, 9.17) is 15.6 Å². The highest BCUT2D eigenvalue weighted by atomic mass is 79.9. The second kappa shape index (κ2) is 7.01. The number of halogens is 1. The summed E-state index contributed by atoms with van der Waals surface area (Å²) < 4.78 is 6.67. The highest BCUT2D eigenvalue weighted by Gasteiger charge is 2.10. The molecule has 90 valence electrons. The van der Waals surface area contributed by atoms with Crippen LogP contribution in [0.15, 0.2) is 22.7 Å². The molecule has 0 aromatic heterocycles. The average Bonchev–Trinajstić information content (AvgIpc) is 2.29. The maximum absolute atomic E-state index is 8.68. The number of aliphatic hydroxyl groups excluding tert-OH is 1. The van der Waals surface area contributed by atoms with Gasteiger partial charge in [0.05, 0.1) is 6.10 Å². The summed E-state index contributed by atoms with van der Waals surface area (Å²) in [7, 11) is 0. The quantitative estimate of drug-likeness (QED) is 0.789. The van der Waals surface area contributed by atoms with Gasteiger partial charge in [-0.05, 0) is 30.5 Å². The van der Waals surface area contributed by atoms with Gasteiger partial charge < -0.3 is 15.6 Å². The van der Waals surface area contributed by atoms with Crippen molar-refractivity contribution in [3.8, 4) is 0 Å². The van der Waals surface area contributed by atoms with Gasteiger partial charge in [0.2, 0.25) is 0 Å². The van der Waals surface area contributed by atoms with Crippen LogP contribution in [-0.2, 0) is 4.74 Å². The number of hydrogen-bond acceptors (Lipinski definition) is 3. The van der Waals surface area contributed by atoms with Crippen LogP contribution in [0.2, 0.25) is 0 Å². The van der Waals surface area contributed by atoms with E-state index in [2.05, 4.69) is 15.9 Å². The second-order valence-electron chi connectivity index (χ2n) is 3.68. The Morgan fingerprint density at radius 1 is 1.50 bits per heavy atom. The molecule has 0 saturated heterocycles. The van der Waals surface area contributed by atoms with Crippen molar-refractivity contribution in [1.82, 2.24) is 0 Å². The molecule has 1 rings (SSSR count). The average molecular weight is 288 g/mol. The summed E-state index contributed by atoms with van der Waals surface area (Å²) in [5, 5.41) is 8.68. The number of ether oxygens (including phenoxy) is 1. The topological polar surface area (TPSA) is 55.5 Å². The highest BCUT2D eigenvalue weighted by molar-refractivity contribution is 9.10. The molecule has 0 spiro atoms. The standard InChI is InChI=1S/C12H18BrNO2/c1-9-3-4-10(7-11(9)13)12(8-14)16-6-2-5-15/h3-4,7,12,15H,2,5-6,8,14H2,1H3. The third-order valence-corrected chi connectivity index (χ3v) is 3.26. The predicted octanol–water partition coefficient (Wildman–Crippen LogP) is 2.16. The van der Waals surface area contributed by atoms with Crippen molar-refractivity contribution in [3.63, 3.8) is 0 Å². The molecular weight excluding hydrogens is 270 g/mol. The molecule has 3 N–H and O–H groups in total.